The van der Waals surface area contributed by atoms with Crippen molar-refractivity contribution in [1.82, 2.24) is 5.32 Å². The van der Waals surface area contributed by atoms with Gasteiger partial charge in [-0.05, 0) is 14.0 Å². The molecule has 0 atom stereocenters. The third-order valence-corrected chi connectivity index (χ3v) is 0.460. The van der Waals surface area contributed by atoms with Gasteiger partial charge in [-0.2, -0.15) is 0 Å². The predicted octanol–water partition coefficient (Wildman–Crippen LogP) is 0.714. The molecule has 0 aromatic heterocycles. The number of allylic oxidation sites excluding steroid dienone is 1. The number of nitrogens with one attached hydrogen (secondary N) is 1. The molecule has 0 fully saturated rings. The van der Waals surface area contributed by atoms with E-state index >= 15 is 0 Å². The molecule has 42 valence electrons. The second kappa shape index (κ2) is 5.50. The first-order valence-corrected chi connectivity index (χ1v) is 2.29. The fourth-order valence-electron chi connectivity index (χ4n) is 0.228. The number of hydrogen-bond donors (Lipinski definition) is 1. The zero-order valence-corrected chi connectivity index (χ0v) is 4.77. The Hall–Kier alpha value is -0.500. The highest BCUT2D eigenvalue weighted by molar-refractivity contribution is 4.64. The molecule has 0 amide bonds. The molecule has 0 heterocycles. The summed E-state index contributed by atoms with van der Waals surface area (Å²) in [6.07, 6.45) is 3.49. The van der Waals surface area contributed by atoms with Gasteiger partial charge in [0.15, 0.2) is 0 Å². The molecule has 0 rings (SSSR count). The van der Waals surface area contributed by atoms with Gasteiger partial charge in [0.25, 0.3) is 0 Å². The van der Waals surface area contributed by atoms with E-state index in [1.54, 1.807) is 6.26 Å². The van der Waals surface area contributed by atoms with E-state index in [4.69, 9.17) is 4.74 Å². The summed E-state index contributed by atoms with van der Waals surface area (Å²) >= 11 is 0. The largest absolute Gasteiger partial charge is 0.486 e. The molecular formula is C5H11NO. The van der Waals surface area contributed by atoms with E-state index in [2.05, 4.69) is 5.32 Å². The molecule has 0 spiro atoms. The summed E-state index contributed by atoms with van der Waals surface area (Å²) in [5.74, 6) is 0. The van der Waals surface area contributed by atoms with Crippen LogP contribution in [0.25, 0.3) is 0 Å². The minimum Gasteiger partial charge on any atom is -0.486 e. The Kier molecular flexibility index (Phi) is 5.11. The average Bonchev–Trinajstić information content (AvgIpc) is 1.69. The molecule has 0 aliphatic rings. The van der Waals surface area contributed by atoms with Crippen molar-refractivity contribution in [2.45, 2.75) is 6.92 Å². The van der Waals surface area contributed by atoms with E-state index in [0.29, 0.717) is 6.73 Å². The van der Waals surface area contributed by atoms with Crippen LogP contribution in [0.15, 0.2) is 12.3 Å². The highest BCUT2D eigenvalue weighted by atomic mass is 16.5. The fraction of sp³-hybridized carbons (Fsp3) is 0.600. The van der Waals surface area contributed by atoms with Gasteiger partial charge in [-0.25, -0.2) is 0 Å². The smallest absolute Gasteiger partial charge is 0.138 e. The van der Waals surface area contributed by atoms with Gasteiger partial charge in [-0.1, -0.05) is 6.08 Å². The van der Waals surface area contributed by atoms with Crippen LogP contribution in [0.2, 0.25) is 0 Å². The molecule has 0 radical (unpaired) electrons. The first kappa shape index (κ1) is 6.50. The molecule has 0 saturated carbocycles. The minimum absolute atomic E-state index is 0.588. The standard InChI is InChI=1S/C5H11NO/c1-3-4-7-5-6-2/h3-4,6H,5H2,1-2H3. The molecule has 0 aliphatic carbocycles. The average molecular weight is 101 g/mol. The highest BCUT2D eigenvalue weighted by Crippen LogP contribution is 1.69. The second-order valence-corrected chi connectivity index (χ2v) is 1.13. The quantitative estimate of drug-likeness (QED) is 0.321. The van der Waals surface area contributed by atoms with Crippen molar-refractivity contribution in [2.75, 3.05) is 13.8 Å². The monoisotopic (exact) mass is 101 g/mol. The van der Waals surface area contributed by atoms with Crippen LogP contribution in [0.4, 0.5) is 0 Å². The third-order valence-electron chi connectivity index (χ3n) is 0.460. The lowest BCUT2D eigenvalue weighted by molar-refractivity contribution is 0.231. The summed E-state index contributed by atoms with van der Waals surface area (Å²) in [4.78, 5) is 0. The van der Waals surface area contributed by atoms with E-state index in [0.717, 1.165) is 0 Å². The summed E-state index contributed by atoms with van der Waals surface area (Å²) in [7, 11) is 1.84. The molecule has 0 aromatic rings. The Labute approximate surface area is 44.2 Å². The van der Waals surface area contributed by atoms with Crippen LogP contribution in [0, 0.1) is 0 Å². The molecule has 7 heavy (non-hydrogen) atoms. The maximum Gasteiger partial charge on any atom is 0.138 e. The maximum atomic E-state index is 4.84. The van der Waals surface area contributed by atoms with Crippen molar-refractivity contribution < 1.29 is 4.74 Å². The molecule has 0 saturated heterocycles. The van der Waals surface area contributed by atoms with Crippen molar-refractivity contribution in [1.29, 1.82) is 0 Å². The number of rotatable bonds is 3. The van der Waals surface area contributed by atoms with E-state index in [1.165, 1.54) is 0 Å². The van der Waals surface area contributed by atoms with Crippen LogP contribution in [0.1, 0.15) is 6.92 Å². The molecule has 2 heteroatoms. The SMILES string of the molecule is CC=COCNC. The lowest BCUT2D eigenvalue weighted by atomic mass is 10.7. The van der Waals surface area contributed by atoms with Crippen LogP contribution >= 0.6 is 0 Å². The molecule has 0 aromatic carbocycles. The third kappa shape index (κ3) is 5.50. The van der Waals surface area contributed by atoms with E-state index in [1.807, 2.05) is 20.0 Å². The lowest BCUT2D eigenvalue weighted by Crippen LogP contribution is -2.07. The van der Waals surface area contributed by atoms with Crippen LogP contribution in [0.3, 0.4) is 0 Å². The van der Waals surface area contributed by atoms with Crippen LogP contribution in [-0.4, -0.2) is 13.8 Å². The van der Waals surface area contributed by atoms with Gasteiger partial charge in [0.2, 0.25) is 0 Å². The van der Waals surface area contributed by atoms with E-state index < -0.39 is 0 Å². The summed E-state index contributed by atoms with van der Waals surface area (Å²) in [5, 5.41) is 2.83. The van der Waals surface area contributed by atoms with Crippen molar-refractivity contribution >= 4 is 0 Å². The molecule has 0 bridgehead atoms. The zero-order valence-electron chi connectivity index (χ0n) is 4.77. The Morgan fingerprint density at radius 3 is 2.86 bits per heavy atom. The second-order valence-electron chi connectivity index (χ2n) is 1.13. The molecular weight excluding hydrogens is 90.1 g/mol. The Bertz CT molecular complexity index is 52.0. The maximum absolute atomic E-state index is 4.84. The first-order valence-electron chi connectivity index (χ1n) is 2.29. The van der Waals surface area contributed by atoms with Gasteiger partial charge in [0.05, 0.1) is 6.26 Å². The first-order chi connectivity index (χ1) is 3.41. The van der Waals surface area contributed by atoms with Gasteiger partial charge >= 0.3 is 0 Å². The van der Waals surface area contributed by atoms with Crippen LogP contribution in [0.5, 0.6) is 0 Å². The number of ether oxygens (including phenoxy) is 1. The van der Waals surface area contributed by atoms with Crippen molar-refractivity contribution in [2.24, 2.45) is 0 Å². The lowest BCUT2D eigenvalue weighted by Gasteiger charge is -1.94. The predicted molar refractivity (Wildman–Crippen MR) is 29.8 cm³/mol. The highest BCUT2D eigenvalue weighted by Gasteiger charge is 1.67. The van der Waals surface area contributed by atoms with Crippen molar-refractivity contribution in [3.63, 3.8) is 0 Å². The molecule has 0 unspecified atom stereocenters. The Balaban J connectivity index is 2.69. The molecule has 1 N–H and O–H groups in total. The van der Waals surface area contributed by atoms with Gasteiger partial charge in [0, 0.05) is 0 Å². The fourth-order valence-corrected chi connectivity index (χ4v) is 0.228. The Morgan fingerprint density at radius 1 is 1.71 bits per heavy atom. The van der Waals surface area contributed by atoms with Gasteiger partial charge in [-0.15, -0.1) is 0 Å². The van der Waals surface area contributed by atoms with Gasteiger partial charge in [0.1, 0.15) is 6.73 Å². The van der Waals surface area contributed by atoms with Crippen molar-refractivity contribution in [3.05, 3.63) is 12.3 Å². The van der Waals surface area contributed by atoms with E-state index in [9.17, 15) is 0 Å². The molecule has 0 aliphatic heterocycles. The van der Waals surface area contributed by atoms with Gasteiger partial charge in [-0.3, -0.25) is 5.32 Å². The molecule has 2 nitrogen and oxygen atoms in total. The summed E-state index contributed by atoms with van der Waals surface area (Å²) in [5.41, 5.74) is 0. The van der Waals surface area contributed by atoms with E-state index in [-0.39, 0.29) is 0 Å². The summed E-state index contributed by atoms with van der Waals surface area (Å²) < 4.78 is 4.84. The normalized spacial score (nSPS) is 10.0. The van der Waals surface area contributed by atoms with Gasteiger partial charge < -0.3 is 4.74 Å². The summed E-state index contributed by atoms with van der Waals surface area (Å²) in [6.45, 7) is 2.50. The minimum atomic E-state index is 0.588. The van der Waals surface area contributed by atoms with Crippen LogP contribution in [-0.2, 0) is 4.74 Å². The van der Waals surface area contributed by atoms with Crippen LogP contribution < -0.4 is 5.32 Å². The van der Waals surface area contributed by atoms with Crippen molar-refractivity contribution in [3.8, 4) is 0 Å². The topological polar surface area (TPSA) is 21.3 Å². The Morgan fingerprint density at radius 2 is 2.43 bits per heavy atom. The zero-order chi connectivity index (χ0) is 5.54. The number of hydrogen-bond acceptors (Lipinski definition) is 2. The summed E-state index contributed by atoms with van der Waals surface area (Å²) in [6, 6.07) is 0.